The van der Waals surface area contributed by atoms with Gasteiger partial charge in [0, 0.05) is 17.7 Å². The largest absolute Gasteiger partial charge is 0.496 e. The molecule has 0 saturated carbocycles. The van der Waals surface area contributed by atoms with Gasteiger partial charge in [0.25, 0.3) is 5.69 Å². The number of nitrogens with two attached hydrogens (primary N) is 1. The summed E-state index contributed by atoms with van der Waals surface area (Å²) < 4.78 is 5.27. The lowest BCUT2D eigenvalue weighted by Gasteiger charge is -2.17. The van der Waals surface area contributed by atoms with Gasteiger partial charge < -0.3 is 10.5 Å². The molecule has 0 amide bonds. The van der Waals surface area contributed by atoms with Gasteiger partial charge in [-0.3, -0.25) is 10.1 Å². The van der Waals surface area contributed by atoms with Crippen LogP contribution in [0.5, 0.6) is 5.75 Å². The highest BCUT2D eigenvalue weighted by molar-refractivity contribution is 5.49. The van der Waals surface area contributed by atoms with Crippen LogP contribution in [0.2, 0.25) is 0 Å². The molecule has 0 radical (unpaired) electrons. The number of hydrogen-bond acceptors (Lipinski definition) is 4. The number of hydrogen-bond donors (Lipinski definition) is 1. The summed E-state index contributed by atoms with van der Waals surface area (Å²) in [5.41, 5.74) is 10.1. The Kier molecular flexibility index (Phi) is 4.23. The smallest absolute Gasteiger partial charge is 0.270 e. The minimum atomic E-state index is -0.473. The Bertz CT molecular complexity index is 683. The van der Waals surface area contributed by atoms with E-state index < -0.39 is 11.0 Å². The predicted octanol–water partition coefficient (Wildman–Crippen LogP) is 3.27. The maximum atomic E-state index is 10.9. The van der Waals surface area contributed by atoms with E-state index in [9.17, 15) is 10.1 Å². The molecule has 0 aromatic heterocycles. The number of aryl methyl sites for hydroxylation is 2. The van der Waals surface area contributed by atoms with Crippen molar-refractivity contribution in [3.8, 4) is 5.75 Å². The molecular formula is C16H18N2O3. The van der Waals surface area contributed by atoms with Crippen LogP contribution in [0.3, 0.4) is 0 Å². The molecule has 0 bridgehead atoms. The summed E-state index contributed by atoms with van der Waals surface area (Å²) in [6.07, 6.45) is 0. The second kappa shape index (κ2) is 5.93. The van der Waals surface area contributed by atoms with Crippen molar-refractivity contribution in [2.24, 2.45) is 5.73 Å². The molecule has 2 aromatic rings. The van der Waals surface area contributed by atoms with Gasteiger partial charge in [-0.15, -0.1) is 0 Å². The van der Waals surface area contributed by atoms with Gasteiger partial charge in [0.05, 0.1) is 18.1 Å². The van der Waals surface area contributed by atoms with Crippen molar-refractivity contribution < 1.29 is 9.66 Å². The molecule has 0 aliphatic rings. The van der Waals surface area contributed by atoms with E-state index >= 15 is 0 Å². The molecule has 5 heteroatoms. The number of benzene rings is 2. The van der Waals surface area contributed by atoms with Gasteiger partial charge >= 0.3 is 0 Å². The molecule has 0 aliphatic carbocycles. The number of nitrogens with zero attached hydrogens (tertiary/aromatic N) is 1. The minimum absolute atomic E-state index is 0.00471. The minimum Gasteiger partial charge on any atom is -0.496 e. The average Bonchev–Trinajstić information content (AvgIpc) is 2.48. The monoisotopic (exact) mass is 286 g/mol. The summed E-state index contributed by atoms with van der Waals surface area (Å²) in [6, 6.07) is 9.92. The molecule has 21 heavy (non-hydrogen) atoms. The third kappa shape index (κ3) is 3.03. The molecule has 2 N–H and O–H groups in total. The molecule has 0 aliphatic heterocycles. The van der Waals surface area contributed by atoms with E-state index in [1.807, 2.05) is 32.0 Å². The molecule has 1 unspecified atom stereocenters. The topological polar surface area (TPSA) is 78.4 Å². The summed E-state index contributed by atoms with van der Waals surface area (Å²) in [4.78, 5) is 10.5. The van der Waals surface area contributed by atoms with Crippen LogP contribution >= 0.6 is 0 Å². The van der Waals surface area contributed by atoms with Crippen molar-refractivity contribution in [1.82, 2.24) is 0 Å². The first-order chi connectivity index (χ1) is 9.93. The highest BCUT2D eigenvalue weighted by Crippen LogP contribution is 2.32. The first-order valence-electron chi connectivity index (χ1n) is 6.59. The Hall–Kier alpha value is -2.40. The van der Waals surface area contributed by atoms with Crippen LogP contribution in [0, 0.1) is 24.0 Å². The molecule has 0 heterocycles. The molecule has 2 rings (SSSR count). The number of non-ortho nitro benzene ring substituents is 1. The van der Waals surface area contributed by atoms with Gasteiger partial charge in [0.1, 0.15) is 5.75 Å². The number of rotatable bonds is 4. The Balaban J connectivity index is 2.50. The Morgan fingerprint density at radius 2 is 1.86 bits per heavy atom. The number of ether oxygens (including phenoxy) is 1. The maximum absolute atomic E-state index is 10.9. The Labute approximate surface area is 123 Å². The second-order valence-electron chi connectivity index (χ2n) is 5.00. The molecule has 0 saturated heterocycles. The number of methoxy groups -OCH3 is 1. The molecule has 1 atom stereocenters. The van der Waals surface area contributed by atoms with E-state index in [1.54, 1.807) is 6.07 Å². The fourth-order valence-electron chi connectivity index (χ4n) is 2.22. The highest BCUT2D eigenvalue weighted by atomic mass is 16.6. The first-order valence-corrected chi connectivity index (χ1v) is 6.59. The van der Waals surface area contributed by atoms with Gasteiger partial charge in [0.2, 0.25) is 0 Å². The van der Waals surface area contributed by atoms with Crippen molar-refractivity contribution in [2.45, 2.75) is 19.9 Å². The van der Waals surface area contributed by atoms with Crippen LogP contribution in [0.4, 0.5) is 5.69 Å². The zero-order valence-corrected chi connectivity index (χ0v) is 12.3. The van der Waals surface area contributed by atoms with E-state index in [-0.39, 0.29) is 5.69 Å². The zero-order chi connectivity index (χ0) is 15.6. The molecule has 2 aromatic carbocycles. The van der Waals surface area contributed by atoms with Crippen LogP contribution in [-0.4, -0.2) is 12.0 Å². The van der Waals surface area contributed by atoms with Crippen LogP contribution in [0.1, 0.15) is 28.3 Å². The molecule has 0 fully saturated rings. The van der Waals surface area contributed by atoms with Crippen molar-refractivity contribution >= 4 is 5.69 Å². The lowest BCUT2D eigenvalue weighted by atomic mass is 9.95. The van der Waals surface area contributed by atoms with E-state index in [1.165, 1.54) is 24.8 Å². The van der Waals surface area contributed by atoms with Gasteiger partial charge in [-0.1, -0.05) is 18.2 Å². The number of nitro benzene ring substituents is 1. The van der Waals surface area contributed by atoms with Crippen LogP contribution in [0.25, 0.3) is 0 Å². The molecule has 5 nitrogen and oxygen atoms in total. The van der Waals surface area contributed by atoms with E-state index in [4.69, 9.17) is 10.5 Å². The van der Waals surface area contributed by atoms with E-state index in [0.717, 1.165) is 11.1 Å². The summed E-state index contributed by atoms with van der Waals surface area (Å²) in [6.45, 7) is 4.04. The van der Waals surface area contributed by atoms with Crippen molar-refractivity contribution in [1.29, 1.82) is 0 Å². The van der Waals surface area contributed by atoms with Gasteiger partial charge in [-0.2, -0.15) is 0 Å². The normalized spacial score (nSPS) is 12.0. The lowest BCUT2D eigenvalue weighted by molar-refractivity contribution is -0.384. The van der Waals surface area contributed by atoms with Crippen molar-refractivity contribution in [2.75, 3.05) is 7.11 Å². The summed E-state index contributed by atoms with van der Waals surface area (Å²) >= 11 is 0. The summed E-state index contributed by atoms with van der Waals surface area (Å²) in [5.74, 6) is 0.548. The molecular weight excluding hydrogens is 268 g/mol. The average molecular weight is 286 g/mol. The Morgan fingerprint density at radius 1 is 1.14 bits per heavy atom. The van der Waals surface area contributed by atoms with Gasteiger partial charge in [0.15, 0.2) is 0 Å². The standard InChI is InChI=1S/C16H18N2O3/c1-10-4-5-12(8-11(10)2)16(17)14-9-13(18(19)20)6-7-15(14)21-3/h4-9,16H,17H2,1-3H3. The van der Waals surface area contributed by atoms with Crippen LogP contribution < -0.4 is 10.5 Å². The predicted molar refractivity (Wildman–Crippen MR) is 81.6 cm³/mol. The van der Waals surface area contributed by atoms with E-state index in [2.05, 4.69) is 0 Å². The van der Waals surface area contributed by atoms with E-state index in [0.29, 0.717) is 11.3 Å². The maximum Gasteiger partial charge on any atom is 0.270 e. The fourth-order valence-corrected chi connectivity index (χ4v) is 2.22. The second-order valence-corrected chi connectivity index (χ2v) is 5.00. The highest BCUT2D eigenvalue weighted by Gasteiger charge is 2.18. The lowest BCUT2D eigenvalue weighted by Crippen LogP contribution is -2.13. The quantitative estimate of drug-likeness (QED) is 0.691. The van der Waals surface area contributed by atoms with Crippen LogP contribution in [0.15, 0.2) is 36.4 Å². The van der Waals surface area contributed by atoms with Crippen molar-refractivity contribution in [3.63, 3.8) is 0 Å². The third-order valence-electron chi connectivity index (χ3n) is 3.65. The van der Waals surface area contributed by atoms with Crippen molar-refractivity contribution in [3.05, 3.63) is 68.8 Å². The Morgan fingerprint density at radius 3 is 2.43 bits per heavy atom. The first kappa shape index (κ1) is 15.0. The van der Waals surface area contributed by atoms with Gasteiger partial charge in [-0.25, -0.2) is 0 Å². The molecule has 110 valence electrons. The third-order valence-corrected chi connectivity index (χ3v) is 3.65. The number of nitro groups is 1. The zero-order valence-electron chi connectivity index (χ0n) is 12.3. The fraction of sp³-hybridized carbons (Fsp3) is 0.250. The van der Waals surface area contributed by atoms with Crippen LogP contribution in [-0.2, 0) is 0 Å². The molecule has 0 spiro atoms. The van der Waals surface area contributed by atoms with Gasteiger partial charge in [-0.05, 0) is 36.6 Å². The summed E-state index contributed by atoms with van der Waals surface area (Å²) in [7, 11) is 1.53. The summed E-state index contributed by atoms with van der Waals surface area (Å²) in [5, 5.41) is 10.9. The SMILES string of the molecule is COc1ccc([N+](=O)[O-])cc1C(N)c1ccc(C)c(C)c1.